The molecule has 8 heteroatoms. The van der Waals surface area contributed by atoms with E-state index in [2.05, 4.69) is 10.4 Å². The molecular weight excluding hydrogens is 299 g/mol. The topological polar surface area (TPSA) is 67.1 Å². The predicted molar refractivity (Wildman–Crippen MR) is 71.7 cm³/mol. The number of anilines is 1. The average molecular weight is 311 g/mol. The van der Waals surface area contributed by atoms with E-state index in [0.29, 0.717) is 10.2 Å². The Bertz CT molecular complexity index is 697. The van der Waals surface area contributed by atoms with Crippen molar-refractivity contribution in [3.63, 3.8) is 0 Å². The summed E-state index contributed by atoms with van der Waals surface area (Å²) in [6.45, 7) is 0. The van der Waals surface area contributed by atoms with Crippen molar-refractivity contribution >= 4 is 11.8 Å². The van der Waals surface area contributed by atoms with Crippen molar-refractivity contribution in [3.05, 3.63) is 47.7 Å². The van der Waals surface area contributed by atoms with Crippen LogP contribution in [0.4, 0.5) is 19.0 Å². The molecule has 1 aliphatic rings. The van der Waals surface area contributed by atoms with Crippen LogP contribution in [0, 0.1) is 0 Å². The minimum atomic E-state index is -4.51. The zero-order chi connectivity index (χ0) is 15.9. The maximum absolute atomic E-state index is 13.3. The molecule has 22 heavy (non-hydrogen) atoms. The largest absolute Gasteiger partial charge is 0.476 e. The minimum absolute atomic E-state index is 0.0554. The first-order valence-corrected chi connectivity index (χ1v) is 6.57. The molecule has 2 atom stereocenters. The van der Waals surface area contributed by atoms with E-state index in [-0.39, 0.29) is 12.2 Å². The van der Waals surface area contributed by atoms with Gasteiger partial charge in [0.25, 0.3) is 0 Å². The van der Waals surface area contributed by atoms with Crippen molar-refractivity contribution in [1.29, 1.82) is 0 Å². The molecule has 1 aromatic carbocycles. The Morgan fingerprint density at radius 2 is 2.00 bits per heavy atom. The van der Waals surface area contributed by atoms with Gasteiger partial charge in [-0.25, -0.2) is 9.48 Å². The van der Waals surface area contributed by atoms with Crippen molar-refractivity contribution in [3.8, 4) is 0 Å². The second-order valence-corrected chi connectivity index (χ2v) is 5.07. The van der Waals surface area contributed by atoms with Crippen molar-refractivity contribution in [2.24, 2.45) is 0 Å². The van der Waals surface area contributed by atoms with E-state index in [9.17, 15) is 18.0 Å². The molecule has 2 N–H and O–H groups in total. The second kappa shape index (κ2) is 5.04. The van der Waals surface area contributed by atoms with Gasteiger partial charge in [0.05, 0.1) is 6.04 Å². The molecular formula is C14H12F3N3O2. The van der Waals surface area contributed by atoms with E-state index in [1.54, 1.807) is 30.3 Å². The zero-order valence-electron chi connectivity index (χ0n) is 11.2. The van der Waals surface area contributed by atoms with Crippen LogP contribution in [-0.2, 0) is 0 Å². The number of carbonyl (C=O) groups is 1. The van der Waals surface area contributed by atoms with Crippen LogP contribution < -0.4 is 5.32 Å². The number of rotatable bonds is 2. The number of hydrogen-bond acceptors (Lipinski definition) is 3. The van der Waals surface area contributed by atoms with Gasteiger partial charge in [0.15, 0.2) is 11.7 Å². The SMILES string of the molecule is O=C(O)c1cc2n(n1)[C@@H](C(F)(F)F)C[C@H](c1ccccc1)N2. The van der Waals surface area contributed by atoms with E-state index in [1.807, 2.05) is 0 Å². The van der Waals surface area contributed by atoms with Crippen molar-refractivity contribution in [2.75, 3.05) is 5.32 Å². The average Bonchev–Trinajstić information content (AvgIpc) is 2.90. The minimum Gasteiger partial charge on any atom is -0.476 e. The van der Waals surface area contributed by atoms with Gasteiger partial charge in [-0.3, -0.25) is 0 Å². The fourth-order valence-corrected chi connectivity index (χ4v) is 2.58. The summed E-state index contributed by atoms with van der Waals surface area (Å²) in [5.41, 5.74) is 0.298. The molecule has 0 aliphatic carbocycles. The van der Waals surface area contributed by atoms with Gasteiger partial charge >= 0.3 is 12.1 Å². The fourth-order valence-electron chi connectivity index (χ4n) is 2.58. The van der Waals surface area contributed by atoms with E-state index in [0.717, 1.165) is 6.07 Å². The summed E-state index contributed by atoms with van der Waals surface area (Å²) in [4.78, 5) is 10.9. The normalized spacial score (nSPS) is 21.0. The first-order valence-electron chi connectivity index (χ1n) is 6.57. The highest BCUT2D eigenvalue weighted by Gasteiger charge is 2.46. The third-order valence-electron chi connectivity index (χ3n) is 3.61. The van der Waals surface area contributed by atoms with Crippen molar-refractivity contribution in [1.82, 2.24) is 9.78 Å². The van der Waals surface area contributed by atoms with Gasteiger partial charge in [0.2, 0.25) is 0 Å². The highest BCUT2D eigenvalue weighted by atomic mass is 19.4. The van der Waals surface area contributed by atoms with Gasteiger partial charge in [0, 0.05) is 12.5 Å². The highest BCUT2D eigenvalue weighted by molar-refractivity contribution is 5.86. The molecule has 5 nitrogen and oxygen atoms in total. The summed E-state index contributed by atoms with van der Waals surface area (Å²) in [6, 6.07) is 7.43. The maximum Gasteiger partial charge on any atom is 0.410 e. The molecule has 0 saturated carbocycles. The van der Waals surface area contributed by atoms with E-state index >= 15 is 0 Å². The van der Waals surface area contributed by atoms with Crippen molar-refractivity contribution in [2.45, 2.75) is 24.7 Å². The predicted octanol–water partition coefficient (Wildman–Crippen LogP) is 3.24. The van der Waals surface area contributed by atoms with E-state index in [4.69, 9.17) is 5.11 Å². The number of nitrogens with one attached hydrogen (secondary N) is 1. The molecule has 0 amide bonds. The summed E-state index contributed by atoms with van der Waals surface area (Å²) in [7, 11) is 0. The number of aromatic carboxylic acids is 1. The lowest BCUT2D eigenvalue weighted by molar-refractivity contribution is -0.173. The van der Waals surface area contributed by atoms with Crippen LogP contribution in [-0.4, -0.2) is 27.0 Å². The lowest BCUT2D eigenvalue weighted by Gasteiger charge is -2.33. The molecule has 0 spiro atoms. The molecule has 116 valence electrons. The fraction of sp³-hybridized carbons (Fsp3) is 0.286. The second-order valence-electron chi connectivity index (χ2n) is 5.07. The number of alkyl halides is 3. The van der Waals surface area contributed by atoms with Crippen LogP contribution in [0.2, 0.25) is 0 Å². The molecule has 2 heterocycles. The van der Waals surface area contributed by atoms with Gasteiger partial charge in [-0.2, -0.15) is 18.3 Å². The Labute approximate surface area is 123 Å². The number of nitrogens with zero attached hydrogens (tertiary/aromatic N) is 2. The molecule has 1 aromatic heterocycles. The molecule has 2 aromatic rings. The Balaban J connectivity index is 2.03. The van der Waals surface area contributed by atoms with Crippen LogP contribution in [0.3, 0.4) is 0 Å². The molecule has 0 fully saturated rings. The van der Waals surface area contributed by atoms with Gasteiger partial charge in [-0.15, -0.1) is 0 Å². The third kappa shape index (κ3) is 2.51. The molecule has 3 rings (SSSR count). The van der Waals surface area contributed by atoms with Crippen LogP contribution in [0.1, 0.15) is 34.6 Å². The quantitative estimate of drug-likeness (QED) is 0.893. The smallest absolute Gasteiger partial charge is 0.410 e. The Morgan fingerprint density at radius 3 is 2.59 bits per heavy atom. The third-order valence-corrected chi connectivity index (χ3v) is 3.61. The molecule has 1 aliphatic heterocycles. The summed E-state index contributed by atoms with van der Waals surface area (Å²) in [5, 5.41) is 15.4. The van der Waals surface area contributed by atoms with Crippen LogP contribution in [0.15, 0.2) is 36.4 Å². The Hall–Kier alpha value is -2.51. The van der Waals surface area contributed by atoms with E-state index < -0.39 is 29.9 Å². The molecule has 0 radical (unpaired) electrons. The number of aromatic nitrogens is 2. The van der Waals surface area contributed by atoms with Crippen LogP contribution >= 0.6 is 0 Å². The molecule has 0 unspecified atom stereocenters. The van der Waals surface area contributed by atoms with E-state index in [1.165, 1.54) is 0 Å². The number of carboxylic acid groups (broad SMARTS) is 1. The maximum atomic E-state index is 13.3. The lowest BCUT2D eigenvalue weighted by Crippen LogP contribution is -2.35. The molecule has 0 saturated heterocycles. The summed E-state index contributed by atoms with van der Waals surface area (Å²) in [5.74, 6) is -1.30. The highest BCUT2D eigenvalue weighted by Crippen LogP contribution is 2.43. The van der Waals surface area contributed by atoms with Crippen LogP contribution in [0.5, 0.6) is 0 Å². The molecule has 0 bridgehead atoms. The van der Waals surface area contributed by atoms with Gasteiger partial charge in [-0.05, 0) is 5.56 Å². The lowest BCUT2D eigenvalue weighted by atomic mass is 9.97. The van der Waals surface area contributed by atoms with Crippen molar-refractivity contribution < 1.29 is 23.1 Å². The standard InChI is InChI=1S/C14H12F3N3O2/c15-14(16,17)11-6-9(8-4-2-1-3-5-8)18-12-7-10(13(21)22)19-20(11)12/h1-5,7,9,11,18H,6H2,(H,21,22)/t9-,11-/m1/s1. The first kappa shape index (κ1) is 14.4. The van der Waals surface area contributed by atoms with Gasteiger partial charge < -0.3 is 10.4 Å². The number of fused-ring (bicyclic) bond motifs is 1. The summed E-state index contributed by atoms with van der Waals surface area (Å²) < 4.78 is 40.6. The van der Waals surface area contributed by atoms with Crippen LogP contribution in [0.25, 0.3) is 0 Å². The zero-order valence-corrected chi connectivity index (χ0v) is 11.2. The van der Waals surface area contributed by atoms with Gasteiger partial charge in [0.1, 0.15) is 5.82 Å². The van der Waals surface area contributed by atoms with Gasteiger partial charge in [-0.1, -0.05) is 30.3 Å². The summed E-state index contributed by atoms with van der Waals surface area (Å²) in [6.07, 6.45) is -4.76. The monoisotopic (exact) mass is 311 g/mol. The number of halogens is 3. The first-order chi connectivity index (χ1) is 10.4. The number of hydrogen-bond donors (Lipinski definition) is 2. The Morgan fingerprint density at radius 1 is 1.32 bits per heavy atom. The summed E-state index contributed by atoms with van der Waals surface area (Å²) >= 11 is 0. The number of carboxylic acids is 1. The number of benzene rings is 1. The Kier molecular flexibility index (Phi) is 3.31.